The molecule has 12 nitrogen and oxygen atoms in total. The second-order valence-electron chi connectivity index (χ2n) is 14.6. The first kappa shape index (κ1) is 38.4. The first-order valence-electron chi connectivity index (χ1n) is 17.4. The molecule has 0 saturated heterocycles. The molecule has 1 aliphatic heterocycles. The number of anilines is 1. The van der Waals surface area contributed by atoms with E-state index in [4.69, 9.17) is 9.47 Å². The maximum atomic E-state index is 13.8. The minimum atomic E-state index is -0.395. The molecule has 0 bridgehead atoms. The first-order chi connectivity index (χ1) is 23.7. The Morgan fingerprint density at radius 1 is 0.780 bits per heavy atom. The topological polar surface area (TPSA) is 145 Å². The summed E-state index contributed by atoms with van der Waals surface area (Å²) < 4.78 is 13.2. The van der Waals surface area contributed by atoms with E-state index in [1.165, 1.54) is 0 Å². The lowest BCUT2D eigenvalue weighted by Gasteiger charge is -2.28. The molecule has 4 rings (SSSR count). The molecule has 0 unspecified atom stereocenters. The lowest BCUT2D eigenvalue weighted by molar-refractivity contribution is -0.127. The van der Waals surface area contributed by atoms with E-state index in [-0.39, 0.29) is 41.9 Å². The number of rotatable bonds is 16. The van der Waals surface area contributed by atoms with Crippen LogP contribution < -0.4 is 15.5 Å². The van der Waals surface area contributed by atoms with E-state index in [9.17, 15) is 19.2 Å². The number of Topliss-reactive ketones (excluding diaryl/α,β-unsaturated/α-hetero) is 1. The lowest BCUT2D eigenvalue weighted by atomic mass is 9.89. The second kappa shape index (κ2) is 17.5. The third-order valence-corrected chi connectivity index (χ3v) is 8.19. The number of ketones is 1. The summed E-state index contributed by atoms with van der Waals surface area (Å²) in [6.45, 7) is 14.1. The third-order valence-electron chi connectivity index (χ3n) is 8.19. The van der Waals surface area contributed by atoms with Crippen molar-refractivity contribution in [2.24, 2.45) is 5.41 Å². The maximum Gasteiger partial charge on any atom is 0.227 e. The number of hydrogen-bond acceptors (Lipinski definition) is 8. The summed E-state index contributed by atoms with van der Waals surface area (Å²) in [5.41, 5.74) is 4.14. The van der Waals surface area contributed by atoms with E-state index in [0.29, 0.717) is 76.7 Å². The number of ether oxygens (including phenoxy) is 2. The van der Waals surface area contributed by atoms with Gasteiger partial charge in [-0.1, -0.05) is 68.4 Å². The Hall–Kier alpha value is -4.42. The molecule has 0 radical (unpaired) electrons. The van der Waals surface area contributed by atoms with E-state index in [1.807, 2.05) is 94.8 Å². The molecule has 2 N–H and O–H groups in total. The van der Waals surface area contributed by atoms with Gasteiger partial charge in [-0.25, -0.2) is 4.68 Å². The minimum Gasteiger partial charge on any atom is -0.380 e. The van der Waals surface area contributed by atoms with Gasteiger partial charge in [0.2, 0.25) is 17.7 Å². The van der Waals surface area contributed by atoms with Crippen molar-refractivity contribution in [2.75, 3.05) is 37.9 Å². The molecule has 0 saturated carbocycles. The molecule has 0 atom stereocenters. The summed E-state index contributed by atoms with van der Waals surface area (Å²) >= 11 is 0. The molecule has 1 aromatic heterocycles. The summed E-state index contributed by atoms with van der Waals surface area (Å²) in [6, 6.07) is 15.5. The van der Waals surface area contributed by atoms with E-state index < -0.39 is 5.41 Å². The van der Waals surface area contributed by atoms with E-state index in [1.54, 1.807) is 4.90 Å². The molecule has 0 fully saturated rings. The quantitative estimate of drug-likeness (QED) is 0.198. The summed E-state index contributed by atoms with van der Waals surface area (Å²) in [5.74, 6) is -0.269. The van der Waals surface area contributed by atoms with Crippen molar-refractivity contribution in [3.05, 3.63) is 54.1 Å². The van der Waals surface area contributed by atoms with Gasteiger partial charge in [-0.05, 0) is 38.8 Å². The van der Waals surface area contributed by atoms with Gasteiger partial charge in [0.25, 0.3) is 0 Å². The molecule has 2 aromatic carbocycles. The summed E-state index contributed by atoms with van der Waals surface area (Å²) in [5, 5.41) is 14.8. The van der Waals surface area contributed by atoms with Gasteiger partial charge in [0, 0.05) is 60.9 Å². The Bertz CT molecular complexity index is 1640. The van der Waals surface area contributed by atoms with Crippen LogP contribution in [0.25, 0.3) is 22.5 Å². The van der Waals surface area contributed by atoms with Crippen LogP contribution in [-0.4, -0.2) is 77.0 Å². The second-order valence-corrected chi connectivity index (χ2v) is 14.6. The zero-order valence-corrected chi connectivity index (χ0v) is 30.3. The molecular formula is C38H52N6O6. The van der Waals surface area contributed by atoms with Gasteiger partial charge >= 0.3 is 0 Å². The first-order valence-corrected chi connectivity index (χ1v) is 17.4. The number of para-hydroxylation sites is 1. The number of amides is 3. The van der Waals surface area contributed by atoms with Crippen molar-refractivity contribution >= 4 is 29.2 Å². The number of carbonyl (C=O) groups excluding carboxylic acids is 4. The van der Waals surface area contributed by atoms with Crippen molar-refractivity contribution < 1.29 is 28.7 Å². The molecular weight excluding hydrogens is 636 g/mol. The largest absolute Gasteiger partial charge is 0.380 e. The van der Waals surface area contributed by atoms with Crippen LogP contribution in [0, 0.1) is 5.41 Å². The minimum absolute atomic E-state index is 0.0135. The molecule has 50 heavy (non-hydrogen) atoms. The van der Waals surface area contributed by atoms with Gasteiger partial charge in [-0.3, -0.25) is 19.2 Å². The van der Waals surface area contributed by atoms with Gasteiger partial charge in [0.15, 0.2) is 0 Å². The highest BCUT2D eigenvalue weighted by Crippen LogP contribution is 2.41. The van der Waals surface area contributed by atoms with Gasteiger partial charge in [0.05, 0.1) is 44.3 Å². The highest BCUT2D eigenvalue weighted by atomic mass is 16.5. The number of fused-ring (bicyclic) bond motifs is 5. The number of nitrogens with zero attached hydrogens (tertiary/aromatic N) is 4. The number of nitrogens with one attached hydrogen (secondary N) is 2. The van der Waals surface area contributed by atoms with Crippen LogP contribution in [0.15, 0.2) is 48.5 Å². The Balaban J connectivity index is 1.35. The zero-order valence-electron chi connectivity index (χ0n) is 30.3. The summed E-state index contributed by atoms with van der Waals surface area (Å²) in [7, 11) is 0. The predicted molar refractivity (Wildman–Crippen MR) is 192 cm³/mol. The fourth-order valence-electron chi connectivity index (χ4n) is 5.61. The van der Waals surface area contributed by atoms with Crippen molar-refractivity contribution in [2.45, 2.75) is 92.3 Å². The molecule has 0 aliphatic carbocycles. The smallest absolute Gasteiger partial charge is 0.227 e. The molecule has 12 heteroatoms. The number of aromatic nitrogens is 3. The van der Waals surface area contributed by atoms with E-state index in [2.05, 4.69) is 20.9 Å². The SMILES string of the molecule is CC(C)(C)NC(=O)CCCOCCNC(=O)CCC(=O)N1Cc2ccccc2-c2c(nnn2CCOCCC(=O)C(C)(C)C)-c2ccccc21. The van der Waals surface area contributed by atoms with Gasteiger partial charge in [-0.2, -0.15) is 0 Å². The Labute approximate surface area is 295 Å². The Kier molecular flexibility index (Phi) is 13.4. The van der Waals surface area contributed by atoms with Crippen LogP contribution in [-0.2, 0) is 41.7 Å². The van der Waals surface area contributed by atoms with Crippen LogP contribution in [0.3, 0.4) is 0 Å². The van der Waals surface area contributed by atoms with Crippen LogP contribution in [0.1, 0.15) is 79.2 Å². The number of benzene rings is 2. The van der Waals surface area contributed by atoms with Gasteiger partial charge in [0.1, 0.15) is 11.5 Å². The van der Waals surface area contributed by atoms with Gasteiger partial charge in [-0.15, -0.1) is 5.10 Å². The van der Waals surface area contributed by atoms with E-state index in [0.717, 1.165) is 22.4 Å². The van der Waals surface area contributed by atoms with Crippen molar-refractivity contribution in [1.29, 1.82) is 0 Å². The summed E-state index contributed by atoms with van der Waals surface area (Å²) in [6.07, 6.45) is 1.40. The molecule has 1 aliphatic rings. The van der Waals surface area contributed by atoms with Crippen molar-refractivity contribution in [1.82, 2.24) is 25.6 Å². The number of carbonyl (C=O) groups is 4. The van der Waals surface area contributed by atoms with Crippen molar-refractivity contribution in [3.8, 4) is 22.5 Å². The molecule has 270 valence electrons. The number of hydrogen-bond donors (Lipinski definition) is 2. The molecule has 3 amide bonds. The highest BCUT2D eigenvalue weighted by Gasteiger charge is 2.29. The van der Waals surface area contributed by atoms with Crippen LogP contribution in [0.5, 0.6) is 0 Å². The predicted octanol–water partition coefficient (Wildman–Crippen LogP) is 5.09. The molecule has 2 heterocycles. The van der Waals surface area contributed by atoms with Crippen LogP contribution >= 0.6 is 0 Å². The zero-order chi connectivity index (χ0) is 36.3. The maximum absolute atomic E-state index is 13.8. The Morgan fingerprint density at radius 3 is 2.22 bits per heavy atom. The summed E-state index contributed by atoms with van der Waals surface area (Å²) in [4.78, 5) is 52.3. The normalized spacial score (nSPS) is 12.6. The van der Waals surface area contributed by atoms with E-state index >= 15 is 0 Å². The van der Waals surface area contributed by atoms with Crippen LogP contribution in [0.4, 0.5) is 5.69 Å². The van der Waals surface area contributed by atoms with Crippen LogP contribution in [0.2, 0.25) is 0 Å². The fraction of sp³-hybridized carbons (Fsp3) is 0.526. The van der Waals surface area contributed by atoms with Crippen molar-refractivity contribution in [3.63, 3.8) is 0 Å². The Morgan fingerprint density at radius 2 is 1.48 bits per heavy atom. The lowest BCUT2D eigenvalue weighted by Crippen LogP contribution is -2.40. The average Bonchev–Trinajstić information content (AvgIpc) is 3.46. The molecule has 3 aromatic rings. The molecule has 0 spiro atoms. The monoisotopic (exact) mass is 688 g/mol. The standard InChI is InChI=1S/C38H52N6O6/c1-37(2,3)31(45)19-23-50-25-21-44-36-28-13-8-7-12-27(28)26-43(30-15-10-9-14-29(30)35(36)41-42-44)34(48)18-17-32(46)39-20-24-49-22-11-16-33(47)40-38(4,5)6/h7-10,12-15H,11,16-26H2,1-6H3,(H,39,46)(H,40,47). The van der Waals surface area contributed by atoms with Gasteiger partial charge < -0.3 is 25.0 Å². The average molecular weight is 689 g/mol. The fourth-order valence-corrected chi connectivity index (χ4v) is 5.61. The third kappa shape index (κ3) is 11.0. The highest BCUT2D eigenvalue weighted by molar-refractivity contribution is 6.01.